The monoisotopic (exact) mass is 292 g/mol. The first-order valence-corrected chi connectivity index (χ1v) is 7.31. The van der Waals surface area contributed by atoms with Gasteiger partial charge in [-0.05, 0) is 36.6 Å². The molecule has 2 amide bonds. The molecule has 0 bridgehead atoms. The minimum Gasteiger partial charge on any atom is -0.344 e. The van der Waals surface area contributed by atoms with E-state index in [1.807, 2.05) is 13.8 Å². The summed E-state index contributed by atoms with van der Waals surface area (Å²) in [6, 6.07) is 3.83. The van der Waals surface area contributed by atoms with Crippen LogP contribution in [0.25, 0.3) is 0 Å². The number of carbonyl (C=O) groups excluding carboxylic acids is 2. The maximum atomic E-state index is 13.2. The van der Waals surface area contributed by atoms with Crippen molar-refractivity contribution in [1.82, 2.24) is 5.32 Å². The van der Waals surface area contributed by atoms with Gasteiger partial charge >= 0.3 is 0 Å². The molecule has 1 saturated heterocycles. The second kappa shape index (κ2) is 6.24. The van der Waals surface area contributed by atoms with Gasteiger partial charge in [-0.2, -0.15) is 0 Å². The van der Waals surface area contributed by atoms with Crippen LogP contribution in [0.1, 0.15) is 32.3 Å². The van der Waals surface area contributed by atoms with Crippen molar-refractivity contribution in [3.63, 3.8) is 0 Å². The molecular formula is C16H21FN2O2. The number of benzene rings is 1. The number of nitrogens with zero attached hydrogens (tertiary/aromatic N) is 1. The summed E-state index contributed by atoms with van der Waals surface area (Å²) in [5.74, 6) is -0.505. The van der Waals surface area contributed by atoms with E-state index in [2.05, 4.69) is 5.32 Å². The Labute approximate surface area is 124 Å². The highest BCUT2D eigenvalue weighted by atomic mass is 19.1. The lowest BCUT2D eigenvalue weighted by atomic mass is 9.97. The van der Waals surface area contributed by atoms with E-state index in [1.165, 1.54) is 12.1 Å². The third kappa shape index (κ3) is 3.23. The zero-order valence-electron chi connectivity index (χ0n) is 12.6. The summed E-state index contributed by atoms with van der Waals surface area (Å²) in [5, 5.41) is 2.81. The Morgan fingerprint density at radius 1 is 1.43 bits per heavy atom. The lowest BCUT2D eigenvalue weighted by Crippen LogP contribution is -2.48. The molecule has 1 fully saturated rings. The van der Waals surface area contributed by atoms with Crippen LogP contribution in [0.15, 0.2) is 18.2 Å². The molecule has 0 saturated carbocycles. The fourth-order valence-electron chi connectivity index (χ4n) is 2.58. The maximum Gasteiger partial charge on any atom is 0.249 e. The summed E-state index contributed by atoms with van der Waals surface area (Å²) in [4.78, 5) is 26.2. The Morgan fingerprint density at radius 3 is 2.76 bits per heavy atom. The molecule has 1 aromatic carbocycles. The molecule has 1 N–H and O–H groups in total. The second-order valence-electron chi connectivity index (χ2n) is 5.60. The Hall–Kier alpha value is -1.91. The highest BCUT2D eigenvalue weighted by Crippen LogP contribution is 2.25. The normalized spacial score (nSPS) is 21.0. The molecule has 0 aromatic heterocycles. The van der Waals surface area contributed by atoms with Gasteiger partial charge in [0.25, 0.3) is 0 Å². The predicted molar refractivity (Wildman–Crippen MR) is 79.5 cm³/mol. The highest BCUT2D eigenvalue weighted by molar-refractivity contribution is 6.01. The van der Waals surface area contributed by atoms with Crippen LogP contribution in [-0.4, -0.2) is 24.4 Å². The van der Waals surface area contributed by atoms with Crippen LogP contribution in [0.5, 0.6) is 0 Å². The standard InChI is InChI=1S/C16H21FN2O2/c1-4-10(2)15-16(21)19(8-7-14(20)18-15)13-6-5-12(17)9-11(13)3/h5-6,9-10,15H,4,7-8H2,1-3H3,(H,18,20). The van der Waals surface area contributed by atoms with Crippen molar-refractivity contribution in [2.45, 2.75) is 39.7 Å². The van der Waals surface area contributed by atoms with Crippen molar-refractivity contribution in [2.75, 3.05) is 11.4 Å². The smallest absolute Gasteiger partial charge is 0.249 e. The van der Waals surface area contributed by atoms with Crippen LogP contribution in [0, 0.1) is 18.7 Å². The van der Waals surface area contributed by atoms with Gasteiger partial charge in [-0.25, -0.2) is 4.39 Å². The van der Waals surface area contributed by atoms with E-state index in [1.54, 1.807) is 17.9 Å². The van der Waals surface area contributed by atoms with Crippen LogP contribution in [0.2, 0.25) is 0 Å². The fourth-order valence-corrected chi connectivity index (χ4v) is 2.58. The Balaban J connectivity index is 2.37. The Bertz CT molecular complexity index is 559. The summed E-state index contributed by atoms with van der Waals surface area (Å²) in [6.45, 7) is 6.03. The number of hydrogen-bond donors (Lipinski definition) is 1. The molecule has 1 aliphatic rings. The number of aryl methyl sites for hydroxylation is 1. The van der Waals surface area contributed by atoms with Gasteiger partial charge in [0.15, 0.2) is 0 Å². The average molecular weight is 292 g/mol. The van der Waals surface area contributed by atoms with Gasteiger partial charge in [-0.1, -0.05) is 20.3 Å². The molecule has 1 aromatic rings. The van der Waals surface area contributed by atoms with Gasteiger partial charge in [0, 0.05) is 18.7 Å². The van der Waals surface area contributed by atoms with Gasteiger partial charge in [-0.15, -0.1) is 0 Å². The zero-order valence-corrected chi connectivity index (χ0v) is 12.6. The minimum atomic E-state index is -0.519. The Kier molecular flexibility index (Phi) is 4.60. The summed E-state index contributed by atoms with van der Waals surface area (Å²) < 4.78 is 13.2. The summed E-state index contributed by atoms with van der Waals surface area (Å²) in [5.41, 5.74) is 1.37. The summed E-state index contributed by atoms with van der Waals surface area (Å²) in [6.07, 6.45) is 1.06. The topological polar surface area (TPSA) is 49.4 Å². The van der Waals surface area contributed by atoms with Crippen molar-refractivity contribution < 1.29 is 14.0 Å². The molecule has 21 heavy (non-hydrogen) atoms. The molecule has 0 aliphatic carbocycles. The number of amides is 2. The molecule has 0 radical (unpaired) electrons. The molecule has 2 atom stereocenters. The van der Waals surface area contributed by atoms with Crippen molar-refractivity contribution in [3.8, 4) is 0 Å². The molecule has 1 aliphatic heterocycles. The van der Waals surface area contributed by atoms with Crippen molar-refractivity contribution in [3.05, 3.63) is 29.6 Å². The first-order chi connectivity index (χ1) is 9.93. The van der Waals surface area contributed by atoms with Crippen LogP contribution < -0.4 is 10.2 Å². The van der Waals surface area contributed by atoms with E-state index in [-0.39, 0.29) is 30.0 Å². The molecule has 114 valence electrons. The molecule has 4 nitrogen and oxygen atoms in total. The predicted octanol–water partition coefficient (Wildman–Crippen LogP) is 2.40. The second-order valence-corrected chi connectivity index (χ2v) is 5.60. The summed E-state index contributed by atoms with van der Waals surface area (Å²) >= 11 is 0. The minimum absolute atomic E-state index is 0.0582. The number of carbonyl (C=O) groups is 2. The first kappa shape index (κ1) is 15.5. The van der Waals surface area contributed by atoms with Gasteiger partial charge in [0.05, 0.1) is 0 Å². The molecular weight excluding hydrogens is 271 g/mol. The van der Waals surface area contributed by atoms with E-state index in [0.717, 1.165) is 6.42 Å². The average Bonchev–Trinajstić information content (AvgIpc) is 2.59. The first-order valence-electron chi connectivity index (χ1n) is 7.31. The quantitative estimate of drug-likeness (QED) is 0.930. The van der Waals surface area contributed by atoms with Crippen LogP contribution in [0.4, 0.5) is 10.1 Å². The zero-order chi connectivity index (χ0) is 15.6. The van der Waals surface area contributed by atoms with Gasteiger partial charge in [-0.3, -0.25) is 9.59 Å². The number of hydrogen-bond acceptors (Lipinski definition) is 2. The van der Waals surface area contributed by atoms with E-state index < -0.39 is 6.04 Å². The van der Waals surface area contributed by atoms with Crippen LogP contribution in [-0.2, 0) is 9.59 Å². The van der Waals surface area contributed by atoms with Gasteiger partial charge in [0.1, 0.15) is 11.9 Å². The molecule has 2 unspecified atom stereocenters. The Morgan fingerprint density at radius 2 is 2.14 bits per heavy atom. The highest BCUT2D eigenvalue weighted by Gasteiger charge is 2.34. The number of anilines is 1. The lowest BCUT2D eigenvalue weighted by molar-refractivity contribution is -0.126. The van der Waals surface area contributed by atoms with Crippen molar-refractivity contribution >= 4 is 17.5 Å². The molecule has 2 rings (SSSR count). The summed E-state index contributed by atoms with van der Waals surface area (Å²) in [7, 11) is 0. The van der Waals surface area contributed by atoms with Gasteiger partial charge < -0.3 is 10.2 Å². The van der Waals surface area contributed by atoms with Gasteiger partial charge in [0.2, 0.25) is 11.8 Å². The number of halogens is 1. The van der Waals surface area contributed by atoms with Crippen molar-refractivity contribution in [1.29, 1.82) is 0 Å². The number of rotatable bonds is 3. The SMILES string of the molecule is CCC(C)C1NC(=O)CCN(c2ccc(F)cc2C)C1=O. The van der Waals surface area contributed by atoms with E-state index in [9.17, 15) is 14.0 Å². The maximum absolute atomic E-state index is 13.2. The van der Waals surface area contributed by atoms with E-state index in [0.29, 0.717) is 17.8 Å². The van der Waals surface area contributed by atoms with Crippen LogP contribution in [0.3, 0.4) is 0 Å². The fraction of sp³-hybridized carbons (Fsp3) is 0.500. The lowest BCUT2D eigenvalue weighted by Gasteiger charge is -2.28. The third-order valence-corrected chi connectivity index (χ3v) is 4.07. The van der Waals surface area contributed by atoms with E-state index >= 15 is 0 Å². The van der Waals surface area contributed by atoms with Crippen LogP contribution >= 0.6 is 0 Å². The molecule has 1 heterocycles. The third-order valence-electron chi connectivity index (χ3n) is 4.07. The molecule has 5 heteroatoms. The molecule has 0 spiro atoms. The van der Waals surface area contributed by atoms with E-state index in [4.69, 9.17) is 0 Å². The van der Waals surface area contributed by atoms with Crippen molar-refractivity contribution in [2.24, 2.45) is 5.92 Å². The largest absolute Gasteiger partial charge is 0.344 e. The number of nitrogens with one attached hydrogen (secondary N) is 1.